The molecule has 0 atom stereocenters. The van der Waals surface area contributed by atoms with E-state index in [1.165, 1.54) is 0 Å². The van der Waals surface area contributed by atoms with Gasteiger partial charge in [-0.25, -0.2) is 0 Å². The summed E-state index contributed by atoms with van der Waals surface area (Å²) < 4.78 is 0. The average molecular weight is 357 g/mol. The Bertz CT molecular complexity index is 603. The molecular formula is C17H22Cl2N2O2. The Balaban J connectivity index is 1.95. The molecule has 1 aliphatic rings. The SMILES string of the molecule is CC(C)(C)C(=O)NC1CCN(C(=O)c2cc(Cl)ccc2Cl)CC1. The van der Waals surface area contributed by atoms with Crippen molar-refractivity contribution in [2.24, 2.45) is 5.41 Å². The molecule has 4 nitrogen and oxygen atoms in total. The summed E-state index contributed by atoms with van der Waals surface area (Å²) in [6, 6.07) is 5.00. The first kappa shape index (κ1) is 18.1. The smallest absolute Gasteiger partial charge is 0.255 e. The zero-order valence-electron chi connectivity index (χ0n) is 13.7. The third-order valence-electron chi connectivity index (χ3n) is 3.96. The summed E-state index contributed by atoms with van der Waals surface area (Å²) in [6.07, 6.45) is 1.48. The van der Waals surface area contributed by atoms with E-state index in [4.69, 9.17) is 23.2 Å². The summed E-state index contributed by atoms with van der Waals surface area (Å²) >= 11 is 12.0. The van der Waals surface area contributed by atoms with Crippen molar-refractivity contribution in [1.29, 1.82) is 0 Å². The van der Waals surface area contributed by atoms with Gasteiger partial charge in [-0.3, -0.25) is 9.59 Å². The molecule has 6 heteroatoms. The standard InChI is InChI=1S/C17H22Cl2N2O2/c1-17(2,3)16(23)20-12-6-8-21(9-7-12)15(22)13-10-11(18)4-5-14(13)19/h4-5,10,12H,6-9H2,1-3H3,(H,20,23). The topological polar surface area (TPSA) is 49.4 Å². The molecule has 0 saturated carbocycles. The van der Waals surface area contributed by atoms with Crippen LogP contribution in [0.1, 0.15) is 44.0 Å². The van der Waals surface area contributed by atoms with Crippen LogP contribution in [0, 0.1) is 5.41 Å². The van der Waals surface area contributed by atoms with Crippen LogP contribution in [0.3, 0.4) is 0 Å². The summed E-state index contributed by atoms with van der Waals surface area (Å²) in [7, 11) is 0. The molecular weight excluding hydrogens is 335 g/mol. The maximum absolute atomic E-state index is 12.6. The second-order valence-corrected chi connectivity index (χ2v) is 7.76. The summed E-state index contributed by atoms with van der Waals surface area (Å²) in [6.45, 7) is 6.86. The quantitative estimate of drug-likeness (QED) is 0.876. The number of amides is 2. The van der Waals surface area contributed by atoms with Gasteiger partial charge in [-0.05, 0) is 31.0 Å². The minimum absolute atomic E-state index is 0.0418. The number of piperidine rings is 1. The van der Waals surface area contributed by atoms with Gasteiger partial charge in [-0.2, -0.15) is 0 Å². The van der Waals surface area contributed by atoms with E-state index in [0.717, 1.165) is 12.8 Å². The minimum Gasteiger partial charge on any atom is -0.353 e. The van der Waals surface area contributed by atoms with E-state index in [-0.39, 0.29) is 17.9 Å². The molecule has 1 fully saturated rings. The highest BCUT2D eigenvalue weighted by atomic mass is 35.5. The Hall–Kier alpha value is -1.26. The fraction of sp³-hybridized carbons (Fsp3) is 0.529. The lowest BCUT2D eigenvalue weighted by molar-refractivity contribution is -0.129. The third kappa shape index (κ3) is 4.61. The van der Waals surface area contributed by atoms with Crippen LogP contribution in [0.15, 0.2) is 18.2 Å². The molecule has 2 rings (SSSR count). The van der Waals surface area contributed by atoms with Crippen LogP contribution >= 0.6 is 23.2 Å². The Morgan fingerprint density at radius 3 is 2.35 bits per heavy atom. The minimum atomic E-state index is -0.402. The Morgan fingerprint density at radius 2 is 1.78 bits per heavy atom. The molecule has 1 aromatic carbocycles. The van der Waals surface area contributed by atoms with Crippen LogP contribution in [-0.4, -0.2) is 35.8 Å². The van der Waals surface area contributed by atoms with Gasteiger partial charge in [-0.15, -0.1) is 0 Å². The third-order valence-corrected chi connectivity index (χ3v) is 4.52. The lowest BCUT2D eigenvalue weighted by atomic mass is 9.94. The van der Waals surface area contributed by atoms with Crippen molar-refractivity contribution >= 4 is 35.0 Å². The molecule has 0 bridgehead atoms. The first-order valence-electron chi connectivity index (χ1n) is 7.74. The fourth-order valence-corrected chi connectivity index (χ4v) is 2.83. The van der Waals surface area contributed by atoms with Crippen LogP contribution in [0.25, 0.3) is 0 Å². The predicted molar refractivity (Wildman–Crippen MR) is 93.0 cm³/mol. The molecule has 2 amide bonds. The number of likely N-dealkylation sites (tertiary alicyclic amines) is 1. The number of nitrogens with one attached hydrogen (secondary N) is 1. The van der Waals surface area contributed by atoms with Crippen molar-refractivity contribution < 1.29 is 9.59 Å². The van der Waals surface area contributed by atoms with E-state index in [1.807, 2.05) is 20.8 Å². The van der Waals surface area contributed by atoms with Gasteiger partial charge in [0.1, 0.15) is 0 Å². The molecule has 126 valence electrons. The normalized spacial score (nSPS) is 16.3. The maximum atomic E-state index is 12.6. The molecule has 0 aromatic heterocycles. The molecule has 0 spiro atoms. The summed E-state index contributed by atoms with van der Waals surface area (Å²) in [4.78, 5) is 26.3. The van der Waals surface area contributed by atoms with Gasteiger partial charge in [0.15, 0.2) is 0 Å². The first-order valence-corrected chi connectivity index (χ1v) is 8.49. The van der Waals surface area contributed by atoms with Gasteiger partial charge in [-0.1, -0.05) is 44.0 Å². The number of nitrogens with zero attached hydrogens (tertiary/aromatic N) is 1. The first-order chi connectivity index (χ1) is 10.7. The Labute approximate surface area is 147 Å². The number of rotatable bonds is 2. The summed E-state index contributed by atoms with van der Waals surface area (Å²) in [5.41, 5.74) is 0.0256. The van der Waals surface area contributed by atoms with Crippen LogP contribution in [0.4, 0.5) is 0 Å². The average Bonchev–Trinajstić information content (AvgIpc) is 2.49. The van der Waals surface area contributed by atoms with E-state index in [2.05, 4.69) is 5.32 Å². The number of benzene rings is 1. The molecule has 1 aliphatic heterocycles. The molecule has 23 heavy (non-hydrogen) atoms. The predicted octanol–water partition coefficient (Wildman–Crippen LogP) is 3.76. The van der Waals surface area contributed by atoms with Crippen molar-refractivity contribution in [1.82, 2.24) is 10.2 Å². The van der Waals surface area contributed by atoms with Crippen molar-refractivity contribution in [3.63, 3.8) is 0 Å². The number of hydrogen-bond donors (Lipinski definition) is 1. The van der Waals surface area contributed by atoms with Crippen LogP contribution in [-0.2, 0) is 4.79 Å². The number of halogens is 2. The van der Waals surface area contributed by atoms with Crippen molar-refractivity contribution in [2.45, 2.75) is 39.7 Å². The number of hydrogen-bond acceptors (Lipinski definition) is 2. The molecule has 1 N–H and O–H groups in total. The molecule has 1 saturated heterocycles. The van der Waals surface area contributed by atoms with Crippen LogP contribution in [0.5, 0.6) is 0 Å². The van der Waals surface area contributed by atoms with E-state index in [1.54, 1.807) is 23.1 Å². The number of carbonyl (C=O) groups is 2. The van der Waals surface area contributed by atoms with Gasteiger partial charge in [0.25, 0.3) is 5.91 Å². The van der Waals surface area contributed by atoms with Gasteiger partial charge in [0, 0.05) is 29.6 Å². The fourth-order valence-electron chi connectivity index (χ4n) is 2.46. The largest absolute Gasteiger partial charge is 0.353 e. The van der Waals surface area contributed by atoms with Crippen LogP contribution < -0.4 is 5.32 Å². The second-order valence-electron chi connectivity index (χ2n) is 6.91. The molecule has 0 aliphatic carbocycles. The monoisotopic (exact) mass is 356 g/mol. The zero-order chi connectivity index (χ0) is 17.2. The highest BCUT2D eigenvalue weighted by Gasteiger charge is 2.28. The van der Waals surface area contributed by atoms with E-state index in [9.17, 15) is 9.59 Å². The maximum Gasteiger partial charge on any atom is 0.255 e. The van der Waals surface area contributed by atoms with Crippen molar-refractivity contribution in [2.75, 3.05) is 13.1 Å². The zero-order valence-corrected chi connectivity index (χ0v) is 15.2. The van der Waals surface area contributed by atoms with Gasteiger partial charge < -0.3 is 10.2 Å². The molecule has 0 unspecified atom stereocenters. The van der Waals surface area contributed by atoms with Crippen molar-refractivity contribution in [3.05, 3.63) is 33.8 Å². The van der Waals surface area contributed by atoms with Crippen molar-refractivity contribution in [3.8, 4) is 0 Å². The van der Waals surface area contributed by atoms with Crippen LogP contribution in [0.2, 0.25) is 10.0 Å². The Kier molecular flexibility index (Phi) is 5.58. The van der Waals surface area contributed by atoms with E-state index >= 15 is 0 Å². The lowest BCUT2D eigenvalue weighted by Gasteiger charge is -2.34. The molecule has 0 radical (unpaired) electrons. The van der Waals surface area contributed by atoms with Gasteiger partial charge in [0.05, 0.1) is 10.6 Å². The van der Waals surface area contributed by atoms with Gasteiger partial charge in [0.2, 0.25) is 5.91 Å². The van der Waals surface area contributed by atoms with E-state index in [0.29, 0.717) is 28.7 Å². The van der Waals surface area contributed by atoms with Gasteiger partial charge >= 0.3 is 0 Å². The molecule has 1 heterocycles. The summed E-state index contributed by atoms with van der Waals surface area (Å²) in [5, 5.41) is 3.95. The second kappa shape index (κ2) is 7.10. The number of carbonyl (C=O) groups excluding carboxylic acids is 2. The lowest BCUT2D eigenvalue weighted by Crippen LogP contribution is -2.49. The molecule has 1 aromatic rings. The Morgan fingerprint density at radius 1 is 1.17 bits per heavy atom. The summed E-state index contributed by atoms with van der Waals surface area (Å²) in [5.74, 6) is -0.0711. The highest BCUT2D eigenvalue weighted by Crippen LogP contribution is 2.24. The van der Waals surface area contributed by atoms with E-state index < -0.39 is 5.41 Å². The highest BCUT2D eigenvalue weighted by molar-refractivity contribution is 6.35.